The number of benzene rings is 1. The molecule has 0 N–H and O–H groups in total. The Morgan fingerprint density at radius 3 is 2.27 bits per heavy atom. The van der Waals surface area contributed by atoms with Gasteiger partial charge in [0.15, 0.2) is 0 Å². The van der Waals surface area contributed by atoms with Crippen LogP contribution < -0.4 is 9.47 Å². The fourth-order valence-electron chi connectivity index (χ4n) is 1.40. The Morgan fingerprint density at radius 2 is 1.80 bits per heavy atom. The number of esters is 1. The van der Waals surface area contributed by atoms with Gasteiger partial charge in [0.25, 0.3) is 0 Å². The largest absolute Gasteiger partial charge is 0.496 e. The normalized spacial score (nSPS) is 9.60. The summed E-state index contributed by atoms with van der Waals surface area (Å²) in [6.45, 7) is 1.85. The number of aryl methyl sites for hydroxylation is 1. The van der Waals surface area contributed by atoms with E-state index in [0.29, 0.717) is 17.1 Å². The van der Waals surface area contributed by atoms with Crippen LogP contribution in [0, 0.1) is 6.92 Å². The lowest BCUT2D eigenvalue weighted by atomic mass is 10.1. The first-order valence-corrected chi connectivity index (χ1v) is 4.45. The minimum Gasteiger partial charge on any atom is -0.496 e. The number of hydrogen-bond donors (Lipinski definition) is 0. The van der Waals surface area contributed by atoms with Crippen molar-refractivity contribution in [2.45, 2.75) is 6.92 Å². The van der Waals surface area contributed by atoms with Crippen molar-refractivity contribution in [3.8, 4) is 11.5 Å². The summed E-state index contributed by atoms with van der Waals surface area (Å²) >= 11 is 0. The second-order valence-electron chi connectivity index (χ2n) is 2.98. The molecule has 0 radical (unpaired) electrons. The molecule has 0 aliphatic rings. The van der Waals surface area contributed by atoms with E-state index in [1.165, 1.54) is 21.3 Å². The van der Waals surface area contributed by atoms with Crippen molar-refractivity contribution in [3.05, 3.63) is 23.3 Å². The van der Waals surface area contributed by atoms with Crippen LogP contribution in [0.1, 0.15) is 15.9 Å². The van der Waals surface area contributed by atoms with Crippen molar-refractivity contribution in [2.75, 3.05) is 21.3 Å². The SMILES string of the molecule is COC(=O)c1c(OC)ccc(C)c1OC. The molecule has 1 aromatic rings. The van der Waals surface area contributed by atoms with Crippen LogP contribution in [0.4, 0.5) is 0 Å². The zero-order valence-corrected chi connectivity index (χ0v) is 9.29. The molecule has 0 saturated heterocycles. The average Bonchev–Trinajstić information content (AvgIpc) is 2.27. The number of carbonyl (C=O) groups excluding carboxylic acids is 1. The minimum absolute atomic E-state index is 0.322. The summed E-state index contributed by atoms with van der Waals surface area (Å²) in [5.41, 5.74) is 1.18. The molecule has 0 spiro atoms. The second kappa shape index (κ2) is 4.68. The maximum Gasteiger partial charge on any atom is 0.345 e. The van der Waals surface area contributed by atoms with Gasteiger partial charge >= 0.3 is 5.97 Å². The zero-order valence-electron chi connectivity index (χ0n) is 9.29. The standard InChI is InChI=1S/C11H14O4/c1-7-5-6-8(13-2)9(10(7)14-3)11(12)15-4/h5-6H,1-4H3. The van der Waals surface area contributed by atoms with E-state index in [1.807, 2.05) is 13.0 Å². The van der Waals surface area contributed by atoms with Gasteiger partial charge in [-0.1, -0.05) is 6.07 Å². The molecule has 0 saturated carbocycles. The molecule has 0 aromatic heterocycles. The number of rotatable bonds is 3. The monoisotopic (exact) mass is 210 g/mol. The van der Waals surface area contributed by atoms with Crippen molar-refractivity contribution in [2.24, 2.45) is 0 Å². The second-order valence-corrected chi connectivity index (χ2v) is 2.98. The van der Waals surface area contributed by atoms with Gasteiger partial charge in [0.2, 0.25) is 0 Å². The fraction of sp³-hybridized carbons (Fsp3) is 0.364. The topological polar surface area (TPSA) is 44.8 Å². The minimum atomic E-state index is -0.465. The van der Waals surface area contributed by atoms with E-state index in [-0.39, 0.29) is 0 Å². The van der Waals surface area contributed by atoms with E-state index in [0.717, 1.165) is 5.56 Å². The van der Waals surface area contributed by atoms with Gasteiger partial charge in [-0.25, -0.2) is 4.79 Å². The summed E-state index contributed by atoms with van der Waals surface area (Å²) in [5, 5.41) is 0. The third-order valence-corrected chi connectivity index (χ3v) is 2.13. The number of hydrogen-bond acceptors (Lipinski definition) is 4. The summed E-state index contributed by atoms with van der Waals surface area (Å²) in [6, 6.07) is 3.54. The molecule has 4 nitrogen and oxygen atoms in total. The van der Waals surface area contributed by atoms with Crippen molar-refractivity contribution >= 4 is 5.97 Å². The predicted octanol–water partition coefficient (Wildman–Crippen LogP) is 1.80. The molecule has 1 aromatic carbocycles. The highest BCUT2D eigenvalue weighted by atomic mass is 16.5. The lowest BCUT2D eigenvalue weighted by Crippen LogP contribution is -2.07. The first-order valence-electron chi connectivity index (χ1n) is 4.45. The van der Waals surface area contributed by atoms with Gasteiger partial charge in [-0.05, 0) is 18.6 Å². The summed E-state index contributed by atoms with van der Waals surface area (Å²) in [4.78, 5) is 11.5. The highest BCUT2D eigenvalue weighted by Gasteiger charge is 2.20. The Labute approximate surface area is 88.8 Å². The lowest BCUT2D eigenvalue weighted by Gasteiger charge is -2.13. The zero-order chi connectivity index (χ0) is 11.4. The highest BCUT2D eigenvalue weighted by Crippen LogP contribution is 2.32. The Kier molecular flexibility index (Phi) is 3.55. The molecule has 0 aliphatic heterocycles. The number of carbonyl (C=O) groups is 1. The highest BCUT2D eigenvalue weighted by molar-refractivity contribution is 5.96. The molecule has 0 unspecified atom stereocenters. The summed E-state index contributed by atoms with van der Waals surface area (Å²) in [7, 11) is 4.33. The van der Waals surface area contributed by atoms with E-state index < -0.39 is 5.97 Å². The van der Waals surface area contributed by atoms with Crippen LogP contribution >= 0.6 is 0 Å². The average molecular weight is 210 g/mol. The molecule has 0 heterocycles. The Balaban J connectivity index is 3.40. The molecule has 0 amide bonds. The van der Waals surface area contributed by atoms with Gasteiger partial charge in [-0.2, -0.15) is 0 Å². The first-order chi connectivity index (χ1) is 7.15. The molecule has 0 fully saturated rings. The summed E-state index contributed by atoms with van der Waals surface area (Å²) in [6.07, 6.45) is 0. The Bertz CT molecular complexity index is 371. The van der Waals surface area contributed by atoms with Crippen LogP contribution in [0.2, 0.25) is 0 Å². The van der Waals surface area contributed by atoms with Crippen LogP contribution in [0.25, 0.3) is 0 Å². The van der Waals surface area contributed by atoms with Crippen LogP contribution in [0.5, 0.6) is 11.5 Å². The van der Waals surface area contributed by atoms with E-state index in [9.17, 15) is 4.79 Å². The molecule has 0 bridgehead atoms. The molecule has 4 heteroatoms. The Morgan fingerprint density at radius 1 is 1.13 bits per heavy atom. The first kappa shape index (κ1) is 11.4. The van der Waals surface area contributed by atoms with E-state index >= 15 is 0 Å². The van der Waals surface area contributed by atoms with Gasteiger partial charge < -0.3 is 14.2 Å². The van der Waals surface area contributed by atoms with Crippen LogP contribution in [0.3, 0.4) is 0 Å². The van der Waals surface area contributed by atoms with Crippen LogP contribution in [-0.4, -0.2) is 27.3 Å². The van der Waals surface area contributed by atoms with Gasteiger partial charge in [-0.3, -0.25) is 0 Å². The molecular formula is C11H14O4. The molecule has 82 valence electrons. The maximum atomic E-state index is 11.5. The third kappa shape index (κ3) is 2.03. The van der Waals surface area contributed by atoms with Gasteiger partial charge in [-0.15, -0.1) is 0 Å². The quantitative estimate of drug-likeness (QED) is 0.713. The van der Waals surface area contributed by atoms with Crippen molar-refractivity contribution in [3.63, 3.8) is 0 Å². The molecule has 15 heavy (non-hydrogen) atoms. The van der Waals surface area contributed by atoms with Crippen molar-refractivity contribution in [1.29, 1.82) is 0 Å². The Hall–Kier alpha value is -1.71. The summed E-state index contributed by atoms with van der Waals surface area (Å²) < 4.78 is 14.9. The van der Waals surface area contributed by atoms with Gasteiger partial charge in [0.05, 0.1) is 21.3 Å². The molecular weight excluding hydrogens is 196 g/mol. The molecule has 0 atom stereocenters. The van der Waals surface area contributed by atoms with Crippen LogP contribution in [-0.2, 0) is 4.74 Å². The van der Waals surface area contributed by atoms with Crippen molar-refractivity contribution in [1.82, 2.24) is 0 Å². The van der Waals surface area contributed by atoms with E-state index in [4.69, 9.17) is 9.47 Å². The van der Waals surface area contributed by atoms with E-state index in [1.54, 1.807) is 6.07 Å². The van der Waals surface area contributed by atoms with Gasteiger partial charge in [0, 0.05) is 0 Å². The lowest BCUT2D eigenvalue weighted by molar-refractivity contribution is 0.0593. The van der Waals surface area contributed by atoms with E-state index in [2.05, 4.69) is 4.74 Å². The van der Waals surface area contributed by atoms with Gasteiger partial charge in [0.1, 0.15) is 17.1 Å². The number of methoxy groups -OCH3 is 3. The maximum absolute atomic E-state index is 11.5. The van der Waals surface area contributed by atoms with Crippen molar-refractivity contribution < 1.29 is 19.0 Å². The smallest absolute Gasteiger partial charge is 0.345 e. The molecule has 0 aliphatic carbocycles. The fourth-order valence-corrected chi connectivity index (χ4v) is 1.40. The van der Waals surface area contributed by atoms with Crippen LogP contribution in [0.15, 0.2) is 12.1 Å². The third-order valence-electron chi connectivity index (χ3n) is 2.13. The molecule has 1 rings (SSSR count). The summed E-state index contributed by atoms with van der Waals surface area (Å²) in [5.74, 6) is 0.470. The predicted molar refractivity (Wildman–Crippen MR) is 55.6 cm³/mol. The number of ether oxygens (including phenoxy) is 3.